The average molecular weight is 690 g/mol. The van der Waals surface area contributed by atoms with Crippen molar-refractivity contribution in [2.45, 2.75) is 63.9 Å². The van der Waals surface area contributed by atoms with Crippen molar-refractivity contribution in [2.24, 2.45) is 11.8 Å². The van der Waals surface area contributed by atoms with E-state index in [4.69, 9.17) is 18.9 Å². The molecule has 0 saturated carbocycles. The van der Waals surface area contributed by atoms with Gasteiger partial charge in [-0.3, -0.25) is 9.59 Å². The molecule has 5 aromatic rings. The summed E-state index contributed by atoms with van der Waals surface area (Å²) in [6, 6.07) is 17.9. The van der Waals surface area contributed by atoms with Crippen LogP contribution in [0.4, 0.5) is 5.69 Å². The van der Waals surface area contributed by atoms with E-state index < -0.39 is 47.6 Å². The topological polar surface area (TPSA) is 168 Å². The summed E-state index contributed by atoms with van der Waals surface area (Å²) >= 11 is 0. The first-order chi connectivity index (χ1) is 24.5. The molecule has 5 heterocycles. The number of carbonyl (C=O) groups excluding carboxylic acids is 3. The van der Waals surface area contributed by atoms with E-state index in [-0.39, 0.29) is 35.6 Å². The molecule has 3 aliphatic heterocycles. The van der Waals surface area contributed by atoms with E-state index in [9.17, 15) is 19.5 Å². The van der Waals surface area contributed by atoms with E-state index in [1.807, 2.05) is 74.6 Å². The molecule has 8 rings (SSSR count). The number of carbonyl (C=O) groups is 3. The summed E-state index contributed by atoms with van der Waals surface area (Å²) in [5.74, 6) is -1.52. The van der Waals surface area contributed by atoms with Crippen LogP contribution in [0.25, 0.3) is 22.0 Å². The number of nitrogens with zero attached hydrogens (tertiary/aromatic N) is 1. The number of amides is 2. The average Bonchev–Trinajstić information content (AvgIpc) is 3.90. The number of aliphatic hydroxyl groups excluding tert-OH is 1. The Morgan fingerprint density at radius 3 is 2.57 bits per heavy atom. The summed E-state index contributed by atoms with van der Waals surface area (Å²) in [7, 11) is 1.29. The minimum absolute atomic E-state index is 0.0313. The predicted molar refractivity (Wildman–Crippen MR) is 188 cm³/mol. The molecule has 262 valence electrons. The molecule has 0 saturated heterocycles. The first-order valence-corrected chi connectivity index (χ1v) is 17.2. The molecule has 2 aromatic heterocycles. The number of hydrogen-bond donors (Lipinski definition) is 5. The van der Waals surface area contributed by atoms with E-state index in [1.165, 1.54) is 7.11 Å². The van der Waals surface area contributed by atoms with Gasteiger partial charge in [-0.2, -0.15) is 0 Å². The van der Waals surface area contributed by atoms with Gasteiger partial charge in [-0.25, -0.2) is 9.78 Å². The number of nitrogens with one attached hydrogen (secondary N) is 4. The van der Waals surface area contributed by atoms with Crippen molar-refractivity contribution in [1.29, 1.82) is 0 Å². The standard InChI is InChI=1S/C39H39N5O7/c1-18(2)29-36-43-31(37(48)49-5)33(51-36)39-24-10-6-9-23(21-8-7-11-26-22(21)14-15-40-26)30(24)44-38(39)50-28-13-12-20(16-25(28)39)17-27(34(46)42-29)41-35(47)32(45)19(3)4/h6-16,18-19,27,29,32,38,40,44-45H,17H2,1-5H3,(H,41,47)(H,42,46)/t27-,29-,32-,38-,39?/m0/s1. The lowest BCUT2D eigenvalue weighted by molar-refractivity contribution is -0.135. The maximum Gasteiger partial charge on any atom is 0.360 e. The Labute approximate surface area is 293 Å². The fraction of sp³-hybridized carbons (Fsp3) is 0.333. The maximum absolute atomic E-state index is 14.0. The third-order valence-electron chi connectivity index (χ3n) is 10.3. The zero-order valence-corrected chi connectivity index (χ0v) is 28.9. The van der Waals surface area contributed by atoms with E-state index >= 15 is 0 Å². The number of hydrogen-bond acceptors (Lipinski definition) is 9. The minimum Gasteiger partial charge on any atom is -0.469 e. The number of rotatable bonds is 6. The van der Waals surface area contributed by atoms with Gasteiger partial charge < -0.3 is 39.9 Å². The van der Waals surface area contributed by atoms with Crippen LogP contribution in [0, 0.1) is 11.8 Å². The number of esters is 1. The molecule has 4 bridgehead atoms. The summed E-state index contributed by atoms with van der Waals surface area (Å²) in [6.07, 6.45) is -0.0248. The van der Waals surface area contributed by atoms with Crippen molar-refractivity contribution in [1.82, 2.24) is 20.6 Å². The number of anilines is 1. The lowest BCUT2D eigenvalue weighted by Gasteiger charge is -2.29. The number of oxazole rings is 1. The van der Waals surface area contributed by atoms with Gasteiger partial charge in [0.2, 0.25) is 17.7 Å². The number of aromatic nitrogens is 2. The highest BCUT2D eigenvalue weighted by molar-refractivity contribution is 6.00. The molecule has 12 heteroatoms. The Kier molecular flexibility index (Phi) is 7.67. The highest BCUT2D eigenvalue weighted by Gasteiger charge is 2.61. The van der Waals surface area contributed by atoms with Gasteiger partial charge in [0.1, 0.15) is 29.4 Å². The van der Waals surface area contributed by atoms with Gasteiger partial charge >= 0.3 is 5.97 Å². The highest BCUT2D eigenvalue weighted by atomic mass is 16.5. The third-order valence-corrected chi connectivity index (χ3v) is 10.3. The molecule has 0 fully saturated rings. The van der Waals surface area contributed by atoms with Gasteiger partial charge in [0.05, 0.1) is 7.11 Å². The summed E-state index contributed by atoms with van der Waals surface area (Å²) in [5, 5.41) is 21.1. The Balaban J connectivity index is 1.38. The molecule has 0 aliphatic carbocycles. The quantitative estimate of drug-likeness (QED) is 0.155. The maximum atomic E-state index is 14.0. The van der Waals surface area contributed by atoms with Gasteiger partial charge in [0, 0.05) is 45.9 Å². The predicted octanol–water partition coefficient (Wildman–Crippen LogP) is 4.96. The minimum atomic E-state index is -1.30. The smallest absolute Gasteiger partial charge is 0.360 e. The summed E-state index contributed by atoms with van der Waals surface area (Å²) < 4.78 is 18.7. The van der Waals surface area contributed by atoms with E-state index in [2.05, 4.69) is 27.0 Å². The Hall–Kier alpha value is -5.62. The highest BCUT2D eigenvalue weighted by Crippen LogP contribution is 2.60. The van der Waals surface area contributed by atoms with Crippen LogP contribution in [0.15, 0.2) is 71.3 Å². The first kappa shape index (κ1) is 32.6. The molecule has 3 aliphatic rings. The van der Waals surface area contributed by atoms with Gasteiger partial charge in [-0.05, 0) is 41.2 Å². The van der Waals surface area contributed by atoms with Gasteiger partial charge in [-0.15, -0.1) is 0 Å². The van der Waals surface area contributed by atoms with Crippen LogP contribution >= 0.6 is 0 Å². The molecule has 3 aromatic carbocycles. The second-order valence-electron chi connectivity index (χ2n) is 14.2. The second-order valence-corrected chi connectivity index (χ2v) is 14.2. The molecule has 12 nitrogen and oxygen atoms in total. The number of H-pyrrole nitrogens is 1. The summed E-state index contributed by atoms with van der Waals surface area (Å²) in [5.41, 5.74) is 4.75. The van der Waals surface area contributed by atoms with E-state index in [1.54, 1.807) is 13.8 Å². The molecule has 1 unspecified atom stereocenters. The van der Waals surface area contributed by atoms with Crippen LogP contribution in [0.1, 0.15) is 72.6 Å². The Morgan fingerprint density at radius 1 is 1.02 bits per heavy atom. The lowest BCUT2D eigenvalue weighted by atomic mass is 9.72. The Bertz CT molecular complexity index is 2220. The summed E-state index contributed by atoms with van der Waals surface area (Å²) in [6.45, 7) is 7.25. The van der Waals surface area contributed by atoms with Crippen molar-refractivity contribution in [3.05, 3.63) is 101 Å². The van der Waals surface area contributed by atoms with Crippen molar-refractivity contribution in [3.63, 3.8) is 0 Å². The van der Waals surface area contributed by atoms with Crippen molar-refractivity contribution in [2.75, 3.05) is 12.4 Å². The number of methoxy groups -OCH3 is 1. The molecule has 5 atom stereocenters. The normalized spacial score (nSPS) is 22.3. The number of benzene rings is 3. The second kappa shape index (κ2) is 12.0. The lowest BCUT2D eigenvalue weighted by Crippen LogP contribution is -2.52. The number of fused-ring (bicyclic) bond motifs is 5. The van der Waals surface area contributed by atoms with E-state index in [0.717, 1.165) is 38.8 Å². The molecular weight excluding hydrogens is 650 g/mol. The molecule has 1 spiro atoms. The Morgan fingerprint density at radius 2 is 1.80 bits per heavy atom. The van der Waals surface area contributed by atoms with Crippen LogP contribution < -0.4 is 20.7 Å². The fourth-order valence-electron chi connectivity index (χ4n) is 7.72. The summed E-state index contributed by atoms with van der Waals surface area (Å²) in [4.78, 5) is 48.8. The number of ether oxygens (including phenoxy) is 2. The van der Waals surface area contributed by atoms with Crippen LogP contribution in [0.5, 0.6) is 5.75 Å². The molecule has 5 N–H and O–H groups in total. The van der Waals surface area contributed by atoms with Crippen molar-refractivity contribution in [3.8, 4) is 16.9 Å². The zero-order valence-electron chi connectivity index (χ0n) is 28.9. The molecule has 0 radical (unpaired) electrons. The van der Waals surface area contributed by atoms with Crippen LogP contribution in [0.2, 0.25) is 0 Å². The number of aromatic amines is 1. The van der Waals surface area contributed by atoms with Crippen molar-refractivity contribution >= 4 is 34.4 Å². The monoisotopic (exact) mass is 689 g/mol. The SMILES string of the molecule is COC(=O)c1nc2oc1C13c4cc(ccc4O[C@@H]1Nc1c(-c4cccc5[nH]ccc45)cccc13)C[C@H](NC(=O)[C@@H](O)C(C)C)C(=O)N[C@H]2C(C)C. The fourth-order valence-corrected chi connectivity index (χ4v) is 7.72. The van der Waals surface area contributed by atoms with E-state index in [0.29, 0.717) is 11.3 Å². The van der Waals surface area contributed by atoms with Gasteiger partial charge in [0.15, 0.2) is 17.7 Å². The van der Waals surface area contributed by atoms with Crippen LogP contribution in [-0.2, 0) is 26.2 Å². The molecule has 51 heavy (non-hydrogen) atoms. The van der Waals surface area contributed by atoms with Gasteiger partial charge in [-0.1, -0.05) is 70.2 Å². The van der Waals surface area contributed by atoms with Gasteiger partial charge in [0.25, 0.3) is 0 Å². The zero-order chi connectivity index (χ0) is 35.8. The third kappa shape index (κ3) is 4.91. The van der Waals surface area contributed by atoms with Crippen LogP contribution in [0.3, 0.4) is 0 Å². The largest absolute Gasteiger partial charge is 0.469 e. The number of para-hydroxylation sites is 1. The molecule has 2 amide bonds. The number of aliphatic hydroxyl groups is 1. The first-order valence-electron chi connectivity index (χ1n) is 17.2. The molecular formula is C39H39N5O7. The van der Waals surface area contributed by atoms with Crippen LogP contribution in [-0.4, -0.2) is 58.3 Å². The van der Waals surface area contributed by atoms with Crippen molar-refractivity contribution < 1.29 is 33.4 Å².